The molecule has 4 aromatic rings. The quantitative estimate of drug-likeness (QED) is 0.519. The number of hydrogen-bond acceptors (Lipinski definition) is 2. The molecular weight excluding hydrogens is 398 g/mol. The molecule has 2 atom stereocenters. The van der Waals surface area contributed by atoms with Gasteiger partial charge in [-0.1, -0.05) is 66.2 Å². The Morgan fingerprint density at radius 1 is 1.03 bits per heavy atom. The van der Waals surface area contributed by atoms with Crippen molar-refractivity contribution in [3.05, 3.63) is 106 Å². The normalized spacial score (nSPS) is 18.9. The largest absolute Gasteiger partial charge is 0.356 e. The number of rotatable bonds is 3. The van der Waals surface area contributed by atoms with Gasteiger partial charge in [-0.2, -0.15) is 0 Å². The van der Waals surface area contributed by atoms with Crippen molar-refractivity contribution >= 4 is 22.7 Å². The molecule has 5 heteroatoms. The number of aryl methyl sites for hydroxylation is 1. The van der Waals surface area contributed by atoms with Gasteiger partial charge in [0.1, 0.15) is 6.04 Å². The van der Waals surface area contributed by atoms with Crippen LogP contribution in [0.15, 0.2) is 72.8 Å². The minimum Gasteiger partial charge on any atom is -0.356 e. The number of carbonyl (C=O) groups is 2. The van der Waals surface area contributed by atoms with Gasteiger partial charge < -0.3 is 15.2 Å². The van der Waals surface area contributed by atoms with Gasteiger partial charge >= 0.3 is 0 Å². The zero-order valence-corrected chi connectivity index (χ0v) is 17.8. The van der Waals surface area contributed by atoms with Crippen LogP contribution in [0.25, 0.3) is 10.9 Å². The number of fused-ring (bicyclic) bond motifs is 7. The predicted octanol–water partition coefficient (Wildman–Crippen LogP) is 4.26. The van der Waals surface area contributed by atoms with Gasteiger partial charge in [-0.05, 0) is 35.7 Å². The zero-order chi connectivity index (χ0) is 21.8. The van der Waals surface area contributed by atoms with E-state index in [1.807, 2.05) is 73.7 Å². The minimum absolute atomic E-state index is 0.0783. The molecule has 32 heavy (non-hydrogen) atoms. The maximum absolute atomic E-state index is 13.4. The van der Waals surface area contributed by atoms with Crippen LogP contribution in [0.4, 0.5) is 0 Å². The van der Waals surface area contributed by atoms with Crippen molar-refractivity contribution in [2.24, 2.45) is 0 Å². The minimum atomic E-state index is -0.558. The average molecular weight is 422 g/mol. The summed E-state index contributed by atoms with van der Waals surface area (Å²) in [4.78, 5) is 32.2. The van der Waals surface area contributed by atoms with Crippen LogP contribution in [0.5, 0.6) is 0 Å². The first-order valence-corrected chi connectivity index (χ1v) is 11.0. The first kappa shape index (κ1) is 18.9. The predicted molar refractivity (Wildman–Crippen MR) is 123 cm³/mol. The van der Waals surface area contributed by atoms with Crippen molar-refractivity contribution in [2.45, 2.75) is 32.0 Å². The number of hydrogen-bond donors (Lipinski definition) is 2. The second-order valence-corrected chi connectivity index (χ2v) is 8.69. The highest BCUT2D eigenvalue weighted by Crippen LogP contribution is 2.46. The monoisotopic (exact) mass is 421 g/mol. The summed E-state index contributed by atoms with van der Waals surface area (Å²) in [5.41, 5.74) is 7.05. The molecule has 2 aliphatic heterocycles. The fraction of sp³-hybridized carbons (Fsp3) is 0.185. The first-order valence-electron chi connectivity index (χ1n) is 11.0. The molecule has 0 saturated carbocycles. The number of nitrogens with one attached hydrogen (secondary N) is 2. The maximum atomic E-state index is 13.4. The Kier molecular flexibility index (Phi) is 4.18. The number of aromatic amines is 1. The topological polar surface area (TPSA) is 65.2 Å². The molecule has 2 N–H and O–H groups in total. The van der Waals surface area contributed by atoms with Crippen molar-refractivity contribution in [3.63, 3.8) is 0 Å². The van der Waals surface area contributed by atoms with E-state index in [0.717, 1.165) is 33.3 Å². The lowest BCUT2D eigenvalue weighted by atomic mass is 9.90. The molecule has 158 valence electrons. The van der Waals surface area contributed by atoms with Crippen LogP contribution in [0.3, 0.4) is 0 Å². The van der Waals surface area contributed by atoms with Crippen molar-refractivity contribution in [1.29, 1.82) is 0 Å². The highest BCUT2D eigenvalue weighted by molar-refractivity contribution is 6.03. The molecule has 2 amide bonds. The van der Waals surface area contributed by atoms with Crippen LogP contribution in [0.1, 0.15) is 44.3 Å². The summed E-state index contributed by atoms with van der Waals surface area (Å²) < 4.78 is 0. The van der Waals surface area contributed by atoms with Crippen LogP contribution in [-0.2, 0) is 17.8 Å². The standard InChI is InChI=1S/C27H23N3O2/c1-16-10-12-17(13-11-16)15-28-26(31)23-14-21-18-6-4-5-9-22(18)29-24(21)25-19-7-2-3-8-20(19)27(32)30(23)25/h2-13,23,25,29H,14-15H2,1H3,(H,28,31). The fourth-order valence-corrected chi connectivity index (χ4v) is 5.15. The van der Waals surface area contributed by atoms with Gasteiger partial charge in [0.05, 0.1) is 6.04 Å². The van der Waals surface area contributed by atoms with Crippen molar-refractivity contribution in [3.8, 4) is 0 Å². The van der Waals surface area contributed by atoms with Crippen molar-refractivity contribution < 1.29 is 9.59 Å². The smallest absolute Gasteiger partial charge is 0.255 e. The third-order valence-electron chi connectivity index (χ3n) is 6.74. The van der Waals surface area contributed by atoms with Crippen molar-refractivity contribution in [2.75, 3.05) is 0 Å². The van der Waals surface area contributed by atoms with E-state index >= 15 is 0 Å². The van der Waals surface area contributed by atoms with Crippen LogP contribution in [0, 0.1) is 6.92 Å². The number of nitrogens with zero attached hydrogens (tertiary/aromatic N) is 1. The molecule has 3 heterocycles. The van der Waals surface area contributed by atoms with Gasteiger partial charge in [0, 0.05) is 35.1 Å². The Hall–Kier alpha value is -3.86. The van der Waals surface area contributed by atoms with E-state index in [2.05, 4.69) is 16.4 Å². The molecular formula is C27H23N3O2. The highest BCUT2D eigenvalue weighted by atomic mass is 16.2. The molecule has 2 unspecified atom stereocenters. The summed E-state index contributed by atoms with van der Waals surface area (Å²) in [6.45, 7) is 2.48. The van der Waals surface area contributed by atoms with E-state index in [-0.39, 0.29) is 17.9 Å². The lowest BCUT2D eigenvalue weighted by Gasteiger charge is -2.37. The second-order valence-electron chi connectivity index (χ2n) is 8.69. The number of para-hydroxylation sites is 1. The molecule has 5 nitrogen and oxygen atoms in total. The molecule has 0 radical (unpaired) electrons. The van der Waals surface area contributed by atoms with Crippen molar-refractivity contribution in [1.82, 2.24) is 15.2 Å². The summed E-state index contributed by atoms with van der Waals surface area (Å²) in [6.07, 6.45) is 0.495. The maximum Gasteiger partial charge on any atom is 0.255 e. The number of amides is 2. The molecule has 0 saturated heterocycles. The first-order chi connectivity index (χ1) is 15.6. The third-order valence-corrected chi connectivity index (χ3v) is 6.74. The Balaban J connectivity index is 1.41. The Labute approximate surface area is 186 Å². The summed E-state index contributed by atoms with van der Waals surface area (Å²) >= 11 is 0. The van der Waals surface area contributed by atoms with E-state index in [0.29, 0.717) is 18.5 Å². The second kappa shape index (κ2) is 7.09. The lowest BCUT2D eigenvalue weighted by Crippen LogP contribution is -2.52. The summed E-state index contributed by atoms with van der Waals surface area (Å²) in [7, 11) is 0. The number of H-pyrrole nitrogens is 1. The molecule has 0 bridgehead atoms. The summed E-state index contributed by atoms with van der Waals surface area (Å²) in [5, 5.41) is 4.20. The molecule has 6 rings (SSSR count). The van der Waals surface area contributed by atoms with E-state index < -0.39 is 6.04 Å². The summed E-state index contributed by atoms with van der Waals surface area (Å²) in [5.74, 6) is -0.196. The Bertz CT molecular complexity index is 1370. The summed E-state index contributed by atoms with van der Waals surface area (Å²) in [6, 6.07) is 23.1. The average Bonchev–Trinajstić information content (AvgIpc) is 3.34. The number of aromatic nitrogens is 1. The van der Waals surface area contributed by atoms with Gasteiger partial charge in [0.2, 0.25) is 5.91 Å². The lowest BCUT2D eigenvalue weighted by molar-refractivity contribution is -0.126. The third kappa shape index (κ3) is 2.78. The Morgan fingerprint density at radius 2 is 1.78 bits per heavy atom. The molecule has 0 aliphatic carbocycles. The number of carbonyl (C=O) groups excluding carboxylic acids is 2. The molecule has 3 aromatic carbocycles. The van der Waals surface area contributed by atoms with Crippen LogP contribution >= 0.6 is 0 Å². The van der Waals surface area contributed by atoms with Gasteiger partial charge in [-0.15, -0.1) is 0 Å². The van der Waals surface area contributed by atoms with E-state index in [1.54, 1.807) is 4.90 Å². The molecule has 2 aliphatic rings. The molecule has 0 fully saturated rings. The van der Waals surface area contributed by atoms with Crippen LogP contribution < -0.4 is 5.32 Å². The molecule has 0 spiro atoms. The zero-order valence-electron chi connectivity index (χ0n) is 17.8. The SMILES string of the molecule is Cc1ccc(CNC(=O)C2Cc3c([nH]c4ccccc34)C3c4ccccc4C(=O)N23)cc1. The highest BCUT2D eigenvalue weighted by Gasteiger charge is 2.48. The molecule has 1 aromatic heterocycles. The van der Waals surface area contributed by atoms with Crippen LogP contribution in [0.2, 0.25) is 0 Å². The number of benzene rings is 3. The van der Waals surface area contributed by atoms with Gasteiger partial charge in [0.25, 0.3) is 5.91 Å². The van der Waals surface area contributed by atoms with E-state index in [1.165, 1.54) is 5.56 Å². The fourth-order valence-electron chi connectivity index (χ4n) is 5.15. The van der Waals surface area contributed by atoms with Gasteiger partial charge in [0.15, 0.2) is 0 Å². The van der Waals surface area contributed by atoms with Crippen LogP contribution in [-0.4, -0.2) is 27.7 Å². The Morgan fingerprint density at radius 3 is 2.62 bits per heavy atom. The van der Waals surface area contributed by atoms with E-state index in [9.17, 15) is 9.59 Å². The van der Waals surface area contributed by atoms with E-state index in [4.69, 9.17) is 0 Å². The van der Waals surface area contributed by atoms with Gasteiger partial charge in [-0.3, -0.25) is 9.59 Å². The van der Waals surface area contributed by atoms with Gasteiger partial charge in [-0.25, -0.2) is 0 Å².